The zero-order valence-electron chi connectivity index (χ0n) is 6.69. The van der Waals surface area contributed by atoms with Crippen molar-refractivity contribution in [1.82, 2.24) is 10.2 Å². The molecule has 1 rings (SSSR count). The molecule has 6 heteroatoms. The Hall–Kier alpha value is -1.30. The minimum absolute atomic E-state index is 0.461. The van der Waals surface area contributed by atoms with Crippen molar-refractivity contribution in [2.45, 2.75) is 0 Å². The van der Waals surface area contributed by atoms with Crippen LogP contribution in [-0.4, -0.2) is 36.0 Å². The van der Waals surface area contributed by atoms with Gasteiger partial charge in [0.2, 0.25) is 0 Å². The van der Waals surface area contributed by atoms with Gasteiger partial charge in [0.1, 0.15) is 0 Å². The maximum atomic E-state index is 10.1. The van der Waals surface area contributed by atoms with Crippen LogP contribution in [0.3, 0.4) is 0 Å². The summed E-state index contributed by atoms with van der Waals surface area (Å²) < 4.78 is 0. The Morgan fingerprint density at radius 1 is 1.83 bits per heavy atom. The summed E-state index contributed by atoms with van der Waals surface area (Å²) in [6.45, 7) is 2.71. The number of hydrogen-bond acceptors (Lipinski definition) is 5. The van der Waals surface area contributed by atoms with Crippen molar-refractivity contribution in [3.8, 4) is 0 Å². The molecule has 0 radical (unpaired) electrons. The fourth-order valence-electron chi connectivity index (χ4n) is 1.17. The van der Waals surface area contributed by atoms with Crippen LogP contribution in [-0.2, 0) is 0 Å². The molecule has 0 aromatic heterocycles. The van der Waals surface area contributed by atoms with Crippen molar-refractivity contribution in [1.29, 1.82) is 0 Å². The van der Waals surface area contributed by atoms with E-state index in [9.17, 15) is 10.1 Å². The molecule has 12 heavy (non-hydrogen) atoms. The Labute approximate surface area is 70.2 Å². The zero-order chi connectivity index (χ0) is 8.97. The topological polar surface area (TPSA) is 84.4 Å². The van der Waals surface area contributed by atoms with Gasteiger partial charge >= 0.3 is 0 Å². The number of nitrogens with one attached hydrogen (secondary N) is 1. The summed E-state index contributed by atoms with van der Waals surface area (Å²) in [5, 5.41) is 13.0. The molecule has 0 aromatic rings. The van der Waals surface area contributed by atoms with Crippen molar-refractivity contribution in [3.05, 3.63) is 22.1 Å². The van der Waals surface area contributed by atoms with E-state index in [1.165, 1.54) is 0 Å². The SMILES string of the molecule is NCCN1CCN/C1=C\[N+](=O)[O-]. The van der Waals surface area contributed by atoms with Crippen LogP contribution < -0.4 is 11.1 Å². The van der Waals surface area contributed by atoms with Gasteiger partial charge in [0, 0.05) is 26.2 Å². The molecular formula is C6H12N4O2. The maximum Gasteiger partial charge on any atom is 0.274 e. The van der Waals surface area contributed by atoms with Crippen molar-refractivity contribution in [2.24, 2.45) is 5.73 Å². The van der Waals surface area contributed by atoms with Crippen molar-refractivity contribution < 1.29 is 4.92 Å². The molecule has 0 aromatic carbocycles. The number of hydrogen-bond donors (Lipinski definition) is 2. The van der Waals surface area contributed by atoms with Gasteiger partial charge in [-0.05, 0) is 0 Å². The number of nitro groups is 1. The lowest BCUT2D eigenvalue weighted by molar-refractivity contribution is -0.404. The Morgan fingerprint density at radius 2 is 2.58 bits per heavy atom. The lowest BCUT2D eigenvalue weighted by atomic mass is 10.5. The summed E-state index contributed by atoms with van der Waals surface area (Å²) in [4.78, 5) is 11.5. The first-order valence-electron chi connectivity index (χ1n) is 3.78. The molecule has 0 bridgehead atoms. The molecule has 68 valence electrons. The molecule has 0 amide bonds. The Kier molecular flexibility index (Phi) is 2.87. The Balaban J connectivity index is 2.57. The Morgan fingerprint density at radius 3 is 3.17 bits per heavy atom. The maximum absolute atomic E-state index is 10.1. The lowest BCUT2D eigenvalue weighted by Crippen LogP contribution is -2.27. The van der Waals surface area contributed by atoms with E-state index in [2.05, 4.69) is 5.32 Å². The van der Waals surface area contributed by atoms with Crippen molar-refractivity contribution in [3.63, 3.8) is 0 Å². The molecule has 1 fully saturated rings. The highest BCUT2D eigenvalue weighted by molar-refractivity contribution is 5.00. The highest BCUT2D eigenvalue weighted by Crippen LogP contribution is 2.05. The fraction of sp³-hybridized carbons (Fsp3) is 0.667. The first kappa shape index (κ1) is 8.79. The second kappa shape index (κ2) is 3.91. The van der Waals surface area contributed by atoms with Gasteiger partial charge in [0.05, 0.1) is 4.92 Å². The highest BCUT2D eigenvalue weighted by atomic mass is 16.6. The van der Waals surface area contributed by atoms with Gasteiger partial charge in [-0.15, -0.1) is 0 Å². The van der Waals surface area contributed by atoms with Gasteiger partial charge in [-0.2, -0.15) is 0 Å². The van der Waals surface area contributed by atoms with Crippen molar-refractivity contribution in [2.75, 3.05) is 26.2 Å². The second-order valence-corrected chi connectivity index (χ2v) is 2.50. The molecule has 1 saturated heterocycles. The van der Waals surface area contributed by atoms with E-state index >= 15 is 0 Å². The molecule has 1 heterocycles. The largest absolute Gasteiger partial charge is 0.365 e. The zero-order valence-corrected chi connectivity index (χ0v) is 6.69. The fourth-order valence-corrected chi connectivity index (χ4v) is 1.17. The predicted molar refractivity (Wildman–Crippen MR) is 43.7 cm³/mol. The second-order valence-electron chi connectivity index (χ2n) is 2.50. The van der Waals surface area contributed by atoms with Gasteiger partial charge in [-0.1, -0.05) is 0 Å². The first-order valence-corrected chi connectivity index (χ1v) is 3.78. The highest BCUT2D eigenvalue weighted by Gasteiger charge is 2.17. The van der Waals surface area contributed by atoms with E-state index in [4.69, 9.17) is 5.73 Å². The van der Waals surface area contributed by atoms with Crippen LogP contribution in [0.2, 0.25) is 0 Å². The van der Waals surface area contributed by atoms with Crippen LogP contribution in [0.25, 0.3) is 0 Å². The average Bonchev–Trinajstić information content (AvgIpc) is 2.37. The molecular weight excluding hydrogens is 160 g/mol. The van der Waals surface area contributed by atoms with Crippen LogP contribution in [0, 0.1) is 10.1 Å². The van der Waals surface area contributed by atoms with Gasteiger partial charge in [-0.3, -0.25) is 10.1 Å². The van der Waals surface area contributed by atoms with E-state index in [0.29, 0.717) is 18.9 Å². The van der Waals surface area contributed by atoms with E-state index < -0.39 is 4.92 Å². The van der Waals surface area contributed by atoms with Gasteiger partial charge in [-0.25, -0.2) is 0 Å². The third kappa shape index (κ3) is 2.09. The number of nitrogens with two attached hydrogens (primary N) is 1. The molecule has 1 aliphatic heterocycles. The van der Waals surface area contributed by atoms with Gasteiger partial charge < -0.3 is 16.0 Å². The quantitative estimate of drug-likeness (QED) is 0.418. The third-order valence-electron chi connectivity index (χ3n) is 1.66. The summed E-state index contributed by atoms with van der Waals surface area (Å²) in [6, 6.07) is 0. The van der Waals surface area contributed by atoms with Crippen LogP contribution in [0.1, 0.15) is 0 Å². The van der Waals surface area contributed by atoms with Crippen LogP contribution in [0.5, 0.6) is 0 Å². The van der Waals surface area contributed by atoms with E-state index in [1.807, 2.05) is 4.90 Å². The summed E-state index contributed by atoms with van der Waals surface area (Å²) in [7, 11) is 0. The van der Waals surface area contributed by atoms with E-state index in [0.717, 1.165) is 19.3 Å². The molecule has 0 atom stereocenters. The number of nitrogens with zero attached hydrogens (tertiary/aromatic N) is 2. The minimum atomic E-state index is -0.461. The smallest absolute Gasteiger partial charge is 0.274 e. The monoisotopic (exact) mass is 172 g/mol. The summed E-state index contributed by atoms with van der Waals surface area (Å²) in [6.07, 6.45) is 0.975. The molecule has 6 nitrogen and oxygen atoms in total. The standard InChI is InChI=1S/C6H12N4O2/c7-1-3-9-4-2-8-6(9)5-10(11)12/h5,8H,1-4,7H2/b6-5+. The molecule has 0 aliphatic carbocycles. The average molecular weight is 172 g/mol. The van der Waals surface area contributed by atoms with Crippen molar-refractivity contribution >= 4 is 0 Å². The summed E-state index contributed by atoms with van der Waals surface area (Å²) >= 11 is 0. The molecule has 0 spiro atoms. The molecule has 0 saturated carbocycles. The molecule has 1 aliphatic rings. The summed E-state index contributed by atoms with van der Waals surface area (Å²) in [5.74, 6) is 0.561. The van der Waals surface area contributed by atoms with E-state index in [1.54, 1.807) is 0 Å². The van der Waals surface area contributed by atoms with Gasteiger partial charge in [0.25, 0.3) is 6.20 Å². The summed E-state index contributed by atoms with van der Waals surface area (Å²) in [5.41, 5.74) is 5.33. The molecule has 0 unspecified atom stereocenters. The van der Waals surface area contributed by atoms with Crippen LogP contribution >= 0.6 is 0 Å². The first-order chi connectivity index (χ1) is 5.74. The van der Waals surface area contributed by atoms with E-state index in [-0.39, 0.29) is 0 Å². The predicted octanol–water partition coefficient (Wildman–Crippen LogP) is -1.07. The van der Waals surface area contributed by atoms with Gasteiger partial charge in [0.15, 0.2) is 5.82 Å². The lowest BCUT2D eigenvalue weighted by Gasteiger charge is -2.14. The molecule has 3 N–H and O–H groups in total. The van der Waals surface area contributed by atoms with Crippen LogP contribution in [0.4, 0.5) is 0 Å². The third-order valence-corrected chi connectivity index (χ3v) is 1.66. The normalized spacial score (nSPS) is 19.8. The minimum Gasteiger partial charge on any atom is -0.365 e. The number of rotatable bonds is 3. The van der Waals surface area contributed by atoms with Crippen LogP contribution in [0.15, 0.2) is 12.0 Å². The Bertz CT molecular complexity index is 204.